The molecule has 0 unspecified atom stereocenters. The molecule has 10 heteroatoms. The summed E-state index contributed by atoms with van der Waals surface area (Å²) in [5.41, 5.74) is 0.339. The first-order valence-electron chi connectivity index (χ1n) is 5.63. The van der Waals surface area contributed by atoms with Crippen molar-refractivity contribution in [3.05, 3.63) is 39.0 Å². The van der Waals surface area contributed by atoms with Crippen molar-refractivity contribution >= 4 is 34.7 Å². The number of nitrogens with zero attached hydrogens (tertiary/aromatic N) is 3. The maximum absolute atomic E-state index is 11.8. The predicted octanol–water partition coefficient (Wildman–Crippen LogP) is 1.28. The van der Waals surface area contributed by atoms with Crippen LogP contribution in [0.1, 0.15) is 9.67 Å². The number of carbonyl (C=O) groups is 2. The van der Waals surface area contributed by atoms with Crippen molar-refractivity contribution in [2.24, 2.45) is 0 Å². The largest absolute Gasteiger partial charge is 0.465 e. The summed E-state index contributed by atoms with van der Waals surface area (Å²) in [6.07, 6.45) is 2.33. The highest BCUT2D eigenvalue weighted by Crippen LogP contribution is 2.23. The molecule has 21 heavy (non-hydrogen) atoms. The predicted molar refractivity (Wildman–Crippen MR) is 73.2 cm³/mol. The van der Waals surface area contributed by atoms with Crippen molar-refractivity contribution in [1.82, 2.24) is 9.55 Å². The Morgan fingerprint density at radius 2 is 2.33 bits per heavy atom. The number of carbonyl (C=O) groups excluding carboxylic acids is 2. The highest BCUT2D eigenvalue weighted by Gasteiger charge is 2.17. The molecule has 110 valence electrons. The molecule has 0 aliphatic rings. The highest BCUT2D eigenvalue weighted by atomic mass is 32.1. The fourth-order valence-corrected chi connectivity index (χ4v) is 2.31. The minimum atomic E-state index is -0.650. The van der Waals surface area contributed by atoms with Crippen LogP contribution in [0.25, 0.3) is 0 Å². The first-order valence-corrected chi connectivity index (χ1v) is 6.51. The van der Waals surface area contributed by atoms with Crippen LogP contribution in [-0.4, -0.2) is 33.5 Å². The summed E-state index contributed by atoms with van der Waals surface area (Å²) in [4.78, 5) is 37.0. The molecule has 2 rings (SSSR count). The van der Waals surface area contributed by atoms with Crippen molar-refractivity contribution in [2.75, 3.05) is 12.4 Å². The Bertz CT molecular complexity index is 692. The standard InChI is InChI=1S/C11H10N4O5S/c1-20-11(17)10-7(2-3-21-10)13-9(16)5-14-4-8(12-6-14)15(18)19/h2-4,6H,5H2,1H3,(H,13,16). The molecule has 9 nitrogen and oxygen atoms in total. The average Bonchev–Trinajstić information content (AvgIpc) is 3.07. The van der Waals surface area contributed by atoms with E-state index in [9.17, 15) is 19.7 Å². The molecule has 1 N–H and O–H groups in total. The minimum Gasteiger partial charge on any atom is -0.465 e. The van der Waals surface area contributed by atoms with Crippen molar-refractivity contribution in [1.29, 1.82) is 0 Å². The van der Waals surface area contributed by atoms with Crippen LogP contribution >= 0.6 is 11.3 Å². The summed E-state index contributed by atoms with van der Waals surface area (Å²) in [6, 6.07) is 1.57. The number of methoxy groups -OCH3 is 1. The molecule has 0 saturated heterocycles. The summed E-state index contributed by atoms with van der Waals surface area (Å²) in [5.74, 6) is -1.32. The minimum absolute atomic E-state index is 0.155. The van der Waals surface area contributed by atoms with Crippen molar-refractivity contribution in [3.8, 4) is 0 Å². The van der Waals surface area contributed by atoms with Gasteiger partial charge in [0.2, 0.25) is 12.2 Å². The van der Waals surface area contributed by atoms with Gasteiger partial charge in [-0.15, -0.1) is 11.3 Å². The zero-order valence-corrected chi connectivity index (χ0v) is 11.6. The number of ether oxygens (including phenoxy) is 1. The number of aromatic nitrogens is 2. The van der Waals surface area contributed by atoms with Crippen LogP contribution in [0.5, 0.6) is 0 Å². The van der Waals surface area contributed by atoms with Gasteiger partial charge < -0.3 is 24.7 Å². The van der Waals surface area contributed by atoms with Gasteiger partial charge in [0.1, 0.15) is 17.6 Å². The number of thiophene rings is 1. The van der Waals surface area contributed by atoms with Gasteiger partial charge in [0.05, 0.1) is 12.8 Å². The Balaban J connectivity index is 2.03. The van der Waals surface area contributed by atoms with E-state index < -0.39 is 16.8 Å². The Morgan fingerprint density at radius 1 is 1.57 bits per heavy atom. The molecule has 0 saturated carbocycles. The molecule has 0 aromatic carbocycles. The number of anilines is 1. The molecular formula is C11H10N4O5S. The van der Waals surface area contributed by atoms with Crippen molar-refractivity contribution in [3.63, 3.8) is 0 Å². The summed E-state index contributed by atoms with van der Waals surface area (Å²) < 4.78 is 5.87. The Kier molecular flexibility index (Phi) is 4.28. The normalized spacial score (nSPS) is 10.1. The Hall–Kier alpha value is -2.75. The molecule has 0 atom stereocenters. The summed E-state index contributed by atoms with van der Waals surface area (Å²) in [5, 5.41) is 14.7. The molecule has 0 spiro atoms. The second kappa shape index (κ2) is 6.13. The van der Waals surface area contributed by atoms with Crippen molar-refractivity contribution in [2.45, 2.75) is 6.54 Å². The fraction of sp³-hybridized carbons (Fsp3) is 0.182. The van der Waals surface area contributed by atoms with E-state index >= 15 is 0 Å². The molecule has 0 aliphatic heterocycles. The number of amides is 1. The van der Waals surface area contributed by atoms with Crippen LogP contribution in [0, 0.1) is 10.1 Å². The fourth-order valence-electron chi connectivity index (χ4n) is 1.54. The van der Waals surface area contributed by atoms with Crippen molar-refractivity contribution < 1.29 is 19.2 Å². The number of imidazole rings is 1. The first kappa shape index (κ1) is 14.7. The summed E-state index contributed by atoms with van der Waals surface area (Å²) >= 11 is 1.14. The quantitative estimate of drug-likeness (QED) is 0.505. The van der Waals surface area contributed by atoms with Crippen LogP contribution in [0.3, 0.4) is 0 Å². The third-order valence-corrected chi connectivity index (χ3v) is 3.34. The number of rotatable bonds is 5. The van der Waals surface area contributed by atoms with Crippen LogP contribution in [0.4, 0.5) is 11.5 Å². The first-order chi connectivity index (χ1) is 10.0. The molecule has 1 amide bonds. The van der Waals surface area contributed by atoms with Crippen LogP contribution in [-0.2, 0) is 16.1 Å². The molecule has 2 aromatic heterocycles. The molecule has 0 radical (unpaired) electrons. The lowest BCUT2D eigenvalue weighted by atomic mass is 10.3. The average molecular weight is 310 g/mol. The van der Waals surface area contributed by atoms with Gasteiger partial charge in [0, 0.05) is 0 Å². The van der Waals surface area contributed by atoms with Gasteiger partial charge in [-0.1, -0.05) is 0 Å². The number of nitro groups is 1. The molecule has 0 aliphatic carbocycles. The lowest BCUT2D eigenvalue weighted by molar-refractivity contribution is -0.389. The molecule has 0 bridgehead atoms. The second-order valence-corrected chi connectivity index (χ2v) is 4.78. The second-order valence-electron chi connectivity index (χ2n) is 3.86. The van der Waals surface area contributed by atoms with Crippen LogP contribution < -0.4 is 5.32 Å². The van der Waals surface area contributed by atoms with E-state index in [1.54, 1.807) is 11.4 Å². The van der Waals surface area contributed by atoms with E-state index in [4.69, 9.17) is 0 Å². The summed E-state index contributed by atoms with van der Waals surface area (Å²) in [6.45, 7) is -0.155. The molecule has 2 aromatic rings. The number of nitrogens with one attached hydrogen (secondary N) is 1. The Morgan fingerprint density at radius 3 is 2.95 bits per heavy atom. The zero-order valence-electron chi connectivity index (χ0n) is 10.8. The lowest BCUT2D eigenvalue weighted by Gasteiger charge is -2.05. The third-order valence-electron chi connectivity index (χ3n) is 2.44. The number of hydrogen-bond donors (Lipinski definition) is 1. The topological polar surface area (TPSA) is 116 Å². The van der Waals surface area contributed by atoms with Crippen LogP contribution in [0.2, 0.25) is 0 Å². The maximum atomic E-state index is 11.8. The monoisotopic (exact) mass is 310 g/mol. The SMILES string of the molecule is COC(=O)c1sccc1NC(=O)Cn1cnc([N+](=O)[O-])c1. The zero-order chi connectivity index (χ0) is 15.4. The van der Waals surface area contributed by atoms with Gasteiger partial charge in [0.15, 0.2) is 0 Å². The number of esters is 1. The smallest absolute Gasteiger partial charge is 0.381 e. The van der Waals surface area contributed by atoms with E-state index in [0.717, 1.165) is 17.5 Å². The van der Waals surface area contributed by atoms with Gasteiger partial charge in [-0.05, 0) is 21.4 Å². The van der Waals surface area contributed by atoms with Gasteiger partial charge in [0.25, 0.3) is 0 Å². The number of hydrogen-bond acceptors (Lipinski definition) is 7. The van der Waals surface area contributed by atoms with Gasteiger partial charge in [-0.2, -0.15) is 0 Å². The third kappa shape index (κ3) is 3.42. The molecular weight excluding hydrogens is 300 g/mol. The van der Waals surface area contributed by atoms with E-state index in [-0.39, 0.29) is 17.2 Å². The highest BCUT2D eigenvalue weighted by molar-refractivity contribution is 7.12. The van der Waals surface area contributed by atoms with E-state index in [0.29, 0.717) is 5.69 Å². The maximum Gasteiger partial charge on any atom is 0.381 e. The van der Waals surface area contributed by atoms with Gasteiger partial charge >= 0.3 is 11.8 Å². The molecule has 0 fully saturated rings. The van der Waals surface area contributed by atoms with Crippen LogP contribution in [0.15, 0.2) is 24.0 Å². The van der Waals surface area contributed by atoms with E-state index in [2.05, 4.69) is 15.0 Å². The Labute approximate surface area is 122 Å². The molecule has 2 heterocycles. The summed E-state index contributed by atoms with van der Waals surface area (Å²) in [7, 11) is 1.25. The van der Waals surface area contributed by atoms with Gasteiger partial charge in [-0.3, -0.25) is 4.79 Å². The van der Waals surface area contributed by atoms with Gasteiger partial charge in [-0.25, -0.2) is 4.79 Å². The lowest BCUT2D eigenvalue weighted by Crippen LogP contribution is -2.19. The van der Waals surface area contributed by atoms with E-state index in [1.807, 2.05) is 0 Å². The van der Waals surface area contributed by atoms with E-state index in [1.165, 1.54) is 18.0 Å².